The minimum atomic E-state index is -1.85. The lowest BCUT2D eigenvalue weighted by molar-refractivity contribution is -0.117. The smallest absolute Gasteiger partial charge is 0.258 e. The summed E-state index contributed by atoms with van der Waals surface area (Å²) in [6, 6.07) is 19.9. The van der Waals surface area contributed by atoms with Crippen molar-refractivity contribution >= 4 is 11.6 Å². The predicted molar refractivity (Wildman–Crippen MR) is 155 cm³/mol. The highest BCUT2D eigenvalue weighted by atomic mass is 19.1. The largest absolute Gasteiger partial charge is 0.394 e. The van der Waals surface area contributed by atoms with Crippen molar-refractivity contribution in [3.8, 4) is 22.4 Å². The average molecular weight is 581 g/mol. The maximum Gasteiger partial charge on any atom is 0.258 e. The lowest BCUT2D eigenvalue weighted by Crippen LogP contribution is -2.47. The molecule has 0 aliphatic carbocycles. The Kier molecular flexibility index (Phi) is 9.87. The van der Waals surface area contributed by atoms with Crippen LogP contribution in [0.25, 0.3) is 22.4 Å². The van der Waals surface area contributed by atoms with Gasteiger partial charge >= 0.3 is 0 Å². The summed E-state index contributed by atoms with van der Waals surface area (Å²) in [5.74, 6) is -1.79. The first kappa shape index (κ1) is 31.0. The number of rotatable bonds is 11. The molecule has 10 heteroatoms. The molecule has 0 bridgehead atoms. The summed E-state index contributed by atoms with van der Waals surface area (Å²) in [5, 5.41) is 53.9. The quantitative estimate of drug-likeness (QED) is 0.159. The van der Waals surface area contributed by atoms with E-state index < -0.39 is 48.6 Å². The molecule has 4 atom stereocenters. The zero-order valence-electron chi connectivity index (χ0n) is 23.2. The van der Waals surface area contributed by atoms with Gasteiger partial charge in [0, 0.05) is 16.9 Å². The third-order valence-electron chi connectivity index (χ3n) is 7.05. The predicted octanol–water partition coefficient (Wildman–Crippen LogP) is 3.91. The molecule has 0 aliphatic heterocycles. The third-order valence-corrected chi connectivity index (χ3v) is 7.05. The molecule has 1 heterocycles. The number of hydrogen-bond acceptors (Lipinski definition) is 6. The normalized spacial score (nSPS) is 14.4. The molecule has 0 aliphatic rings. The molecule has 3 aromatic carbocycles. The molecule has 4 aromatic rings. The summed E-state index contributed by atoms with van der Waals surface area (Å²) in [5.41, 5.74) is 3.14. The van der Waals surface area contributed by atoms with Crippen molar-refractivity contribution in [1.29, 1.82) is 0 Å². The van der Waals surface area contributed by atoms with Crippen LogP contribution in [0, 0.1) is 11.6 Å². The summed E-state index contributed by atoms with van der Waals surface area (Å²) in [6.07, 6.45) is -7.06. The van der Waals surface area contributed by atoms with E-state index in [2.05, 4.69) is 5.32 Å². The van der Waals surface area contributed by atoms with E-state index in [9.17, 15) is 39.1 Å². The van der Waals surface area contributed by atoms with Crippen LogP contribution in [0.3, 0.4) is 0 Å². The number of carbonyl (C=O) groups excluding carboxylic acids is 1. The van der Waals surface area contributed by atoms with Gasteiger partial charge in [0.15, 0.2) is 0 Å². The molecular formula is C32H34F2N2O6. The Balaban J connectivity index is 1.98. The molecule has 42 heavy (non-hydrogen) atoms. The van der Waals surface area contributed by atoms with E-state index in [4.69, 9.17) is 0 Å². The highest BCUT2D eigenvalue weighted by Gasteiger charge is 2.35. The molecule has 1 aromatic heterocycles. The highest BCUT2D eigenvalue weighted by Crippen LogP contribution is 2.42. The molecule has 8 nitrogen and oxygen atoms in total. The number of aromatic nitrogens is 1. The van der Waals surface area contributed by atoms with Crippen molar-refractivity contribution in [1.82, 2.24) is 4.57 Å². The van der Waals surface area contributed by atoms with Gasteiger partial charge in [-0.1, -0.05) is 44.2 Å². The monoisotopic (exact) mass is 580 g/mol. The van der Waals surface area contributed by atoms with Crippen LogP contribution in [-0.4, -0.2) is 67.0 Å². The highest BCUT2D eigenvalue weighted by molar-refractivity contribution is 6.12. The average Bonchev–Trinajstić information content (AvgIpc) is 3.33. The van der Waals surface area contributed by atoms with E-state index in [0.29, 0.717) is 33.8 Å². The number of amides is 1. The fraction of sp³-hybridized carbons (Fsp3) is 0.281. The molecular weight excluding hydrogens is 546 g/mol. The van der Waals surface area contributed by atoms with Crippen LogP contribution in [0.1, 0.15) is 35.8 Å². The Labute approximate surface area is 242 Å². The lowest BCUT2D eigenvalue weighted by atomic mass is 9.94. The first-order chi connectivity index (χ1) is 20.0. The Morgan fingerprint density at radius 1 is 0.786 bits per heavy atom. The number of anilines is 1. The van der Waals surface area contributed by atoms with Gasteiger partial charge in [0.1, 0.15) is 36.1 Å². The summed E-state index contributed by atoms with van der Waals surface area (Å²) in [4.78, 5) is 14.0. The van der Waals surface area contributed by atoms with E-state index in [1.807, 2.05) is 19.9 Å². The maximum absolute atomic E-state index is 14.0. The third kappa shape index (κ3) is 6.59. The SMILES string of the molecule is CC(C)c1c(C(=O)Nc2ccc(F)cc2)c(-c2ccccc2)c(-c2ccc(F)cc2)n1C[C@H](O)[C@@H](O)[C@H](O)[C@@H](O)CO. The zero-order chi connectivity index (χ0) is 30.6. The van der Waals surface area contributed by atoms with Crippen molar-refractivity contribution in [2.75, 3.05) is 11.9 Å². The molecule has 0 saturated heterocycles. The fourth-order valence-electron chi connectivity index (χ4n) is 5.04. The van der Waals surface area contributed by atoms with Gasteiger partial charge in [-0.15, -0.1) is 0 Å². The molecule has 0 unspecified atom stereocenters. The molecule has 0 radical (unpaired) electrons. The van der Waals surface area contributed by atoms with Gasteiger partial charge in [0.2, 0.25) is 0 Å². The number of carbonyl (C=O) groups is 1. The van der Waals surface area contributed by atoms with Crippen molar-refractivity contribution in [2.24, 2.45) is 0 Å². The second-order valence-corrected chi connectivity index (χ2v) is 10.4. The van der Waals surface area contributed by atoms with Gasteiger partial charge in [0.05, 0.1) is 24.4 Å². The standard InChI is InChI=1S/C32H34F2N2O6/c1-18(2)28-27(32(42)35-23-14-12-22(34)13-15-23)26(19-6-4-3-5-7-19)29(20-8-10-21(33)11-9-20)36(28)16-24(38)30(40)31(41)25(39)17-37/h3-15,18,24-25,30-31,37-41H,16-17H2,1-2H3,(H,35,42)/t24-,25-,30+,31+/m0/s1. The van der Waals surface area contributed by atoms with Crippen molar-refractivity contribution in [2.45, 2.75) is 50.7 Å². The summed E-state index contributed by atoms with van der Waals surface area (Å²) < 4.78 is 29.2. The minimum absolute atomic E-state index is 0.248. The topological polar surface area (TPSA) is 135 Å². The fourth-order valence-corrected chi connectivity index (χ4v) is 5.04. The molecule has 1 amide bonds. The van der Waals surface area contributed by atoms with Gasteiger partial charge in [0.25, 0.3) is 5.91 Å². The minimum Gasteiger partial charge on any atom is -0.394 e. The molecule has 4 rings (SSSR count). The van der Waals surface area contributed by atoms with E-state index in [1.165, 1.54) is 48.5 Å². The lowest BCUT2D eigenvalue weighted by Gasteiger charge is -2.27. The van der Waals surface area contributed by atoms with Crippen LogP contribution in [0.4, 0.5) is 14.5 Å². The molecule has 222 valence electrons. The Morgan fingerprint density at radius 2 is 1.33 bits per heavy atom. The van der Waals surface area contributed by atoms with Crippen LogP contribution >= 0.6 is 0 Å². The number of aliphatic hydroxyl groups excluding tert-OH is 5. The number of nitrogens with zero attached hydrogens (tertiary/aromatic N) is 1. The molecule has 6 N–H and O–H groups in total. The zero-order valence-corrected chi connectivity index (χ0v) is 23.2. The van der Waals surface area contributed by atoms with Crippen LogP contribution in [0.2, 0.25) is 0 Å². The van der Waals surface area contributed by atoms with Crippen molar-refractivity contribution in [3.05, 3.63) is 102 Å². The van der Waals surface area contributed by atoms with Crippen LogP contribution in [0.5, 0.6) is 0 Å². The van der Waals surface area contributed by atoms with Crippen LogP contribution < -0.4 is 5.32 Å². The molecule has 0 saturated carbocycles. The Morgan fingerprint density at radius 3 is 1.88 bits per heavy atom. The number of benzene rings is 3. The summed E-state index contributed by atoms with van der Waals surface area (Å²) in [7, 11) is 0. The van der Waals surface area contributed by atoms with Crippen LogP contribution in [0.15, 0.2) is 78.9 Å². The van der Waals surface area contributed by atoms with Gasteiger partial charge < -0.3 is 35.4 Å². The van der Waals surface area contributed by atoms with Gasteiger partial charge in [-0.2, -0.15) is 0 Å². The second kappa shape index (κ2) is 13.4. The molecule has 0 spiro atoms. The van der Waals surface area contributed by atoms with Crippen molar-refractivity contribution < 1.29 is 39.1 Å². The number of halogens is 2. The number of aliphatic hydroxyl groups is 5. The van der Waals surface area contributed by atoms with Crippen molar-refractivity contribution in [3.63, 3.8) is 0 Å². The first-order valence-corrected chi connectivity index (χ1v) is 13.5. The van der Waals surface area contributed by atoms with Gasteiger partial charge in [-0.3, -0.25) is 4.79 Å². The van der Waals surface area contributed by atoms with Gasteiger partial charge in [-0.25, -0.2) is 8.78 Å². The van der Waals surface area contributed by atoms with E-state index in [1.54, 1.807) is 28.8 Å². The van der Waals surface area contributed by atoms with Crippen LogP contribution in [-0.2, 0) is 6.54 Å². The van der Waals surface area contributed by atoms with E-state index in [0.717, 1.165) is 0 Å². The summed E-state index contributed by atoms with van der Waals surface area (Å²) in [6.45, 7) is 2.52. The second-order valence-electron chi connectivity index (χ2n) is 10.4. The Hall–Kier alpha value is -3.93. The van der Waals surface area contributed by atoms with Gasteiger partial charge in [-0.05, 0) is 65.6 Å². The van der Waals surface area contributed by atoms with E-state index >= 15 is 0 Å². The summed E-state index contributed by atoms with van der Waals surface area (Å²) >= 11 is 0. The maximum atomic E-state index is 14.0. The number of hydrogen-bond donors (Lipinski definition) is 6. The Bertz CT molecular complexity index is 1490. The molecule has 0 fully saturated rings. The first-order valence-electron chi connectivity index (χ1n) is 13.5. The number of nitrogens with one attached hydrogen (secondary N) is 1. The van der Waals surface area contributed by atoms with E-state index in [-0.39, 0.29) is 18.0 Å².